The number of amidine groups is 2. The number of methoxy groups -OCH3 is 2. The Morgan fingerprint density at radius 3 is 2.60 bits per heavy atom. The van der Waals surface area contributed by atoms with Gasteiger partial charge in [0.1, 0.15) is 23.4 Å². The summed E-state index contributed by atoms with van der Waals surface area (Å²) in [5.41, 5.74) is 2.77. The van der Waals surface area contributed by atoms with Crippen LogP contribution >= 0.6 is 11.8 Å². The van der Waals surface area contributed by atoms with Crippen molar-refractivity contribution in [2.75, 3.05) is 19.5 Å². The second-order valence-electron chi connectivity index (χ2n) is 9.58. The second kappa shape index (κ2) is 12.9. The topological polar surface area (TPSA) is 122 Å². The van der Waals surface area contributed by atoms with E-state index in [0.29, 0.717) is 45.9 Å². The van der Waals surface area contributed by atoms with E-state index in [-0.39, 0.29) is 30.7 Å². The first kappa shape index (κ1) is 28.9. The summed E-state index contributed by atoms with van der Waals surface area (Å²) in [6.45, 7) is 2.16. The van der Waals surface area contributed by atoms with Gasteiger partial charge in [0.2, 0.25) is 11.8 Å². The highest BCUT2D eigenvalue weighted by Crippen LogP contribution is 2.36. The Labute approximate surface area is 248 Å². The second-order valence-corrected chi connectivity index (χ2v) is 10.8. The van der Waals surface area contributed by atoms with Gasteiger partial charge in [0.15, 0.2) is 5.17 Å². The molecule has 0 saturated carbocycles. The zero-order valence-corrected chi connectivity index (χ0v) is 24.3. The Hall–Kier alpha value is -4.64. The third-order valence-electron chi connectivity index (χ3n) is 6.84. The highest BCUT2D eigenvalue weighted by Gasteiger charge is 2.43. The van der Waals surface area contributed by atoms with Crippen molar-refractivity contribution in [2.45, 2.75) is 37.6 Å². The predicted molar refractivity (Wildman–Crippen MR) is 163 cm³/mol. The van der Waals surface area contributed by atoms with Gasteiger partial charge in [-0.15, -0.1) is 0 Å². The summed E-state index contributed by atoms with van der Waals surface area (Å²) in [5, 5.41) is 5.60. The molecule has 3 amide bonds. The molecule has 11 heteroatoms. The van der Waals surface area contributed by atoms with Crippen LogP contribution in [0.15, 0.2) is 82.8 Å². The molecular weight excluding hydrogens is 554 g/mol. The standard InChI is InChI=1S/C31H31N5O5S/c1-4-26(29(38)33-20-11-9-12-21(16-20)40-2)42-31-35-23-14-7-6-13-22(23)28-34-24(30(39)36(28)31)17-27(37)32-18-19-10-5-8-15-25(19)41-3/h5-16,24,26H,4,17-18H2,1-3H3,(H,32,37)(H,33,38)/t24-,26+/m0/s1. The van der Waals surface area contributed by atoms with Crippen LogP contribution < -0.4 is 20.1 Å². The molecule has 0 saturated heterocycles. The fourth-order valence-corrected chi connectivity index (χ4v) is 5.70. The van der Waals surface area contributed by atoms with Crippen molar-refractivity contribution in [2.24, 2.45) is 9.98 Å². The van der Waals surface area contributed by atoms with Gasteiger partial charge in [-0.2, -0.15) is 0 Å². The summed E-state index contributed by atoms with van der Waals surface area (Å²) in [4.78, 5) is 50.7. The summed E-state index contributed by atoms with van der Waals surface area (Å²) in [5.74, 6) is 0.826. The molecule has 2 heterocycles. The highest BCUT2D eigenvalue weighted by atomic mass is 32.2. The number of benzene rings is 3. The smallest absolute Gasteiger partial charge is 0.259 e. The van der Waals surface area contributed by atoms with E-state index < -0.39 is 11.3 Å². The number of fused-ring (bicyclic) bond motifs is 3. The number of para-hydroxylation sites is 2. The number of carbonyl (C=O) groups is 3. The lowest BCUT2D eigenvalue weighted by Gasteiger charge is -2.27. The van der Waals surface area contributed by atoms with E-state index in [4.69, 9.17) is 14.5 Å². The molecule has 2 aliphatic rings. The number of anilines is 1. The van der Waals surface area contributed by atoms with E-state index in [0.717, 1.165) is 5.56 Å². The molecule has 2 atom stereocenters. The largest absolute Gasteiger partial charge is 0.497 e. The maximum absolute atomic E-state index is 13.7. The minimum absolute atomic E-state index is 0.123. The first-order chi connectivity index (χ1) is 20.4. The molecule has 0 aliphatic carbocycles. The first-order valence-corrected chi connectivity index (χ1v) is 14.4. The number of nitrogens with one attached hydrogen (secondary N) is 2. The number of hydrogen-bond acceptors (Lipinski definition) is 8. The normalized spacial score (nSPS) is 16.0. The number of nitrogens with zero attached hydrogens (tertiary/aromatic N) is 3. The Bertz CT molecular complexity index is 1570. The number of aliphatic imine (C=N–C) groups is 2. The number of rotatable bonds is 10. The zero-order valence-electron chi connectivity index (χ0n) is 23.5. The average molecular weight is 586 g/mol. The SMILES string of the molecule is CC[C@@H](SC1=Nc2ccccc2C2=N[C@@H](CC(=O)NCc3ccccc3OC)C(=O)N12)C(=O)Nc1cccc(OC)c1. The molecule has 2 N–H and O–H groups in total. The monoisotopic (exact) mass is 585 g/mol. The lowest BCUT2D eigenvalue weighted by atomic mass is 10.1. The predicted octanol–water partition coefficient (Wildman–Crippen LogP) is 4.52. The van der Waals surface area contributed by atoms with Crippen LogP contribution in [-0.4, -0.2) is 59.1 Å². The van der Waals surface area contributed by atoms with Gasteiger partial charge in [0, 0.05) is 29.4 Å². The van der Waals surface area contributed by atoms with Gasteiger partial charge in [-0.25, -0.2) is 9.89 Å². The van der Waals surface area contributed by atoms with E-state index in [1.54, 1.807) is 38.5 Å². The van der Waals surface area contributed by atoms with Crippen LogP contribution in [-0.2, 0) is 20.9 Å². The van der Waals surface area contributed by atoms with Crippen molar-refractivity contribution in [3.8, 4) is 11.5 Å². The molecule has 0 fully saturated rings. The zero-order chi connectivity index (χ0) is 29.6. The number of hydrogen-bond donors (Lipinski definition) is 2. The Balaban J connectivity index is 1.32. The minimum Gasteiger partial charge on any atom is -0.497 e. The van der Waals surface area contributed by atoms with Crippen molar-refractivity contribution < 1.29 is 23.9 Å². The van der Waals surface area contributed by atoms with Gasteiger partial charge in [-0.1, -0.05) is 55.1 Å². The fourth-order valence-electron chi connectivity index (χ4n) is 4.68. The van der Waals surface area contributed by atoms with E-state index in [9.17, 15) is 14.4 Å². The quantitative estimate of drug-likeness (QED) is 0.361. The molecule has 3 aromatic rings. The molecule has 2 aliphatic heterocycles. The van der Waals surface area contributed by atoms with Gasteiger partial charge < -0.3 is 20.1 Å². The third kappa shape index (κ3) is 6.15. The number of amides is 3. The average Bonchev–Trinajstić information content (AvgIpc) is 3.34. The van der Waals surface area contributed by atoms with E-state index in [1.165, 1.54) is 16.7 Å². The van der Waals surface area contributed by atoms with Crippen molar-refractivity contribution in [3.05, 3.63) is 83.9 Å². The summed E-state index contributed by atoms with van der Waals surface area (Å²) in [6, 6.07) is 21.0. The molecule has 0 unspecified atom stereocenters. The maximum atomic E-state index is 13.7. The molecule has 0 radical (unpaired) electrons. The molecule has 0 spiro atoms. The minimum atomic E-state index is -0.916. The molecule has 10 nitrogen and oxygen atoms in total. The van der Waals surface area contributed by atoms with E-state index in [1.807, 2.05) is 55.5 Å². The van der Waals surface area contributed by atoms with E-state index in [2.05, 4.69) is 15.6 Å². The van der Waals surface area contributed by atoms with Gasteiger partial charge in [0.25, 0.3) is 5.91 Å². The van der Waals surface area contributed by atoms with Crippen molar-refractivity contribution in [3.63, 3.8) is 0 Å². The lowest BCUT2D eigenvalue weighted by molar-refractivity contribution is -0.128. The van der Waals surface area contributed by atoms with Crippen LogP contribution in [0.2, 0.25) is 0 Å². The van der Waals surface area contributed by atoms with Gasteiger partial charge in [-0.3, -0.25) is 19.4 Å². The van der Waals surface area contributed by atoms with Crippen molar-refractivity contribution in [1.82, 2.24) is 10.2 Å². The Morgan fingerprint density at radius 1 is 1.02 bits per heavy atom. The molecule has 42 heavy (non-hydrogen) atoms. The maximum Gasteiger partial charge on any atom is 0.259 e. The summed E-state index contributed by atoms with van der Waals surface area (Å²) in [7, 11) is 3.14. The summed E-state index contributed by atoms with van der Waals surface area (Å²) < 4.78 is 10.6. The van der Waals surface area contributed by atoms with Crippen LogP contribution in [0.4, 0.5) is 11.4 Å². The summed E-state index contributed by atoms with van der Waals surface area (Å²) in [6.07, 6.45) is 0.367. The Kier molecular flexibility index (Phi) is 8.87. The molecule has 216 valence electrons. The van der Waals surface area contributed by atoms with Gasteiger partial charge >= 0.3 is 0 Å². The fraction of sp³-hybridized carbons (Fsp3) is 0.258. The Morgan fingerprint density at radius 2 is 1.81 bits per heavy atom. The van der Waals surface area contributed by atoms with Gasteiger partial charge in [0.05, 0.1) is 31.6 Å². The lowest BCUT2D eigenvalue weighted by Crippen LogP contribution is -2.43. The molecule has 5 rings (SSSR count). The summed E-state index contributed by atoms with van der Waals surface area (Å²) >= 11 is 1.20. The number of thioether (sulfide) groups is 1. The number of carbonyl (C=O) groups excluding carboxylic acids is 3. The van der Waals surface area contributed by atoms with Crippen molar-refractivity contribution in [1.29, 1.82) is 0 Å². The van der Waals surface area contributed by atoms with Crippen LogP contribution in [0.1, 0.15) is 30.9 Å². The molecule has 0 bridgehead atoms. The molecular formula is C31H31N5O5S. The van der Waals surface area contributed by atoms with Crippen LogP contribution in [0.25, 0.3) is 0 Å². The third-order valence-corrected chi connectivity index (χ3v) is 8.16. The molecule has 3 aromatic carbocycles. The number of ether oxygens (including phenoxy) is 2. The highest BCUT2D eigenvalue weighted by molar-refractivity contribution is 8.15. The van der Waals surface area contributed by atoms with Crippen LogP contribution in [0.3, 0.4) is 0 Å². The van der Waals surface area contributed by atoms with Crippen LogP contribution in [0, 0.1) is 0 Å². The van der Waals surface area contributed by atoms with E-state index >= 15 is 0 Å². The van der Waals surface area contributed by atoms with Gasteiger partial charge in [-0.05, 0) is 36.8 Å². The molecule has 0 aromatic heterocycles. The first-order valence-electron chi connectivity index (χ1n) is 13.5. The van der Waals surface area contributed by atoms with Crippen molar-refractivity contribution >= 4 is 51.9 Å². The van der Waals surface area contributed by atoms with Crippen LogP contribution in [0.5, 0.6) is 11.5 Å².